The number of alkyl halides is 2. The molecule has 0 spiro atoms. The Morgan fingerprint density at radius 1 is 1.31 bits per heavy atom. The van der Waals surface area contributed by atoms with E-state index >= 15 is 0 Å². The van der Waals surface area contributed by atoms with Gasteiger partial charge in [-0.2, -0.15) is 13.9 Å². The number of para-hydroxylation sites is 2. The summed E-state index contributed by atoms with van der Waals surface area (Å²) in [4.78, 5) is 16.7. The van der Waals surface area contributed by atoms with E-state index in [2.05, 4.69) is 15.4 Å². The average Bonchev–Trinajstić information content (AvgIpc) is 3.19. The van der Waals surface area contributed by atoms with Crippen LogP contribution in [0, 0.1) is 0 Å². The summed E-state index contributed by atoms with van der Waals surface area (Å²) in [6.07, 6.45) is 2.48. The number of hydrogen-bond acceptors (Lipinski definition) is 4. The van der Waals surface area contributed by atoms with Crippen LogP contribution in [0.25, 0.3) is 11.0 Å². The number of aromatic nitrogens is 4. The summed E-state index contributed by atoms with van der Waals surface area (Å²) in [5, 5.41) is 7.15. The Morgan fingerprint density at radius 3 is 2.81 bits per heavy atom. The van der Waals surface area contributed by atoms with Crippen molar-refractivity contribution in [3.63, 3.8) is 0 Å². The van der Waals surface area contributed by atoms with Gasteiger partial charge in [-0.3, -0.25) is 4.79 Å². The molecular formula is C17H19F2N5OS. The molecule has 2 aromatic heterocycles. The summed E-state index contributed by atoms with van der Waals surface area (Å²) in [6, 6.07) is 8.91. The lowest BCUT2D eigenvalue weighted by molar-refractivity contribution is -0.116. The molecule has 138 valence electrons. The highest BCUT2D eigenvalue weighted by Crippen LogP contribution is 2.28. The van der Waals surface area contributed by atoms with Crippen LogP contribution in [0.1, 0.15) is 26.3 Å². The van der Waals surface area contributed by atoms with Gasteiger partial charge < -0.3 is 9.88 Å². The predicted molar refractivity (Wildman–Crippen MR) is 97.5 cm³/mol. The van der Waals surface area contributed by atoms with Gasteiger partial charge in [0.2, 0.25) is 5.91 Å². The molecule has 6 nitrogen and oxygen atoms in total. The van der Waals surface area contributed by atoms with Crippen LogP contribution < -0.4 is 5.32 Å². The minimum absolute atomic E-state index is 0.110. The molecule has 1 N–H and O–H groups in total. The zero-order valence-corrected chi connectivity index (χ0v) is 15.2. The Balaban J connectivity index is 1.84. The number of carbonyl (C=O) groups is 1. The highest BCUT2D eigenvalue weighted by Gasteiger charge is 2.18. The van der Waals surface area contributed by atoms with Gasteiger partial charge in [0.05, 0.1) is 23.3 Å². The average molecular weight is 379 g/mol. The van der Waals surface area contributed by atoms with Gasteiger partial charge in [-0.05, 0) is 37.2 Å². The first-order valence-electron chi connectivity index (χ1n) is 8.23. The number of nitrogens with zero attached hydrogens (tertiary/aromatic N) is 4. The van der Waals surface area contributed by atoms with Crippen LogP contribution in [0.2, 0.25) is 0 Å². The van der Waals surface area contributed by atoms with Crippen molar-refractivity contribution in [3.8, 4) is 0 Å². The number of fused-ring (bicyclic) bond motifs is 1. The van der Waals surface area contributed by atoms with Gasteiger partial charge in [0, 0.05) is 6.07 Å². The summed E-state index contributed by atoms with van der Waals surface area (Å²) in [5.74, 6) is -2.35. The lowest BCUT2D eigenvalue weighted by atomic mass is 10.3. The van der Waals surface area contributed by atoms with Crippen LogP contribution in [0.15, 0.2) is 41.7 Å². The van der Waals surface area contributed by atoms with Gasteiger partial charge in [-0.15, -0.1) is 0 Å². The van der Waals surface area contributed by atoms with Crippen LogP contribution in [0.5, 0.6) is 0 Å². The Morgan fingerprint density at radius 2 is 2.08 bits per heavy atom. The zero-order valence-electron chi connectivity index (χ0n) is 14.4. The van der Waals surface area contributed by atoms with Crippen molar-refractivity contribution in [1.29, 1.82) is 0 Å². The fourth-order valence-corrected chi connectivity index (χ4v) is 3.24. The molecule has 26 heavy (non-hydrogen) atoms. The Hall–Kier alpha value is -2.42. The number of thioether (sulfide) groups is 1. The molecule has 3 rings (SSSR count). The molecule has 1 aromatic carbocycles. The van der Waals surface area contributed by atoms with E-state index in [1.54, 1.807) is 41.2 Å². The maximum Gasteiger partial charge on any atom is 0.291 e. The summed E-state index contributed by atoms with van der Waals surface area (Å²) < 4.78 is 28.9. The van der Waals surface area contributed by atoms with Crippen LogP contribution in [0.4, 0.5) is 14.6 Å². The van der Waals surface area contributed by atoms with E-state index in [0.29, 0.717) is 28.6 Å². The monoisotopic (exact) mass is 379 g/mol. The van der Waals surface area contributed by atoms with E-state index in [1.807, 2.05) is 13.8 Å². The molecule has 0 saturated carbocycles. The van der Waals surface area contributed by atoms with E-state index in [9.17, 15) is 13.6 Å². The molecule has 2 heterocycles. The first-order valence-corrected chi connectivity index (χ1v) is 9.11. The molecule has 1 amide bonds. The van der Waals surface area contributed by atoms with Crippen LogP contribution in [0.3, 0.4) is 0 Å². The SMILES string of the molecule is CCC(C)n1nccc1NC(=O)Cn1c(SC(F)F)nc2ccccc21. The number of amides is 1. The maximum atomic E-state index is 12.8. The van der Waals surface area contributed by atoms with E-state index in [4.69, 9.17) is 0 Å². The van der Waals surface area contributed by atoms with Crippen LogP contribution >= 0.6 is 11.8 Å². The predicted octanol–water partition coefficient (Wildman–Crippen LogP) is 4.16. The summed E-state index contributed by atoms with van der Waals surface area (Å²) in [7, 11) is 0. The number of hydrogen-bond donors (Lipinski definition) is 1. The topological polar surface area (TPSA) is 64.7 Å². The van der Waals surface area contributed by atoms with E-state index in [1.165, 1.54) is 4.57 Å². The third-order valence-electron chi connectivity index (χ3n) is 4.06. The minimum atomic E-state index is -2.61. The summed E-state index contributed by atoms with van der Waals surface area (Å²) in [6.45, 7) is 3.92. The van der Waals surface area contributed by atoms with Crippen molar-refractivity contribution < 1.29 is 13.6 Å². The van der Waals surface area contributed by atoms with E-state index < -0.39 is 5.76 Å². The fourth-order valence-electron chi connectivity index (χ4n) is 2.64. The molecule has 0 aliphatic rings. The zero-order chi connectivity index (χ0) is 18.7. The lowest BCUT2D eigenvalue weighted by Crippen LogP contribution is -2.22. The molecule has 0 aliphatic carbocycles. The number of nitrogens with one attached hydrogen (secondary N) is 1. The van der Waals surface area contributed by atoms with Crippen LogP contribution in [-0.2, 0) is 11.3 Å². The second-order valence-electron chi connectivity index (χ2n) is 5.81. The van der Waals surface area contributed by atoms with E-state index in [0.717, 1.165) is 6.42 Å². The first-order chi connectivity index (χ1) is 12.5. The maximum absolute atomic E-state index is 12.8. The van der Waals surface area contributed by atoms with E-state index in [-0.39, 0.29) is 23.7 Å². The number of benzene rings is 1. The summed E-state index contributed by atoms with van der Waals surface area (Å²) in [5.41, 5.74) is 1.22. The molecule has 0 fully saturated rings. The molecule has 9 heteroatoms. The second-order valence-corrected chi connectivity index (χ2v) is 6.77. The minimum Gasteiger partial charge on any atom is -0.309 e. The van der Waals surface area contributed by atoms with Gasteiger partial charge in [0.1, 0.15) is 12.4 Å². The highest BCUT2D eigenvalue weighted by molar-refractivity contribution is 7.99. The second kappa shape index (κ2) is 7.86. The third-order valence-corrected chi connectivity index (χ3v) is 4.76. The van der Waals surface area contributed by atoms with Crippen molar-refractivity contribution in [3.05, 3.63) is 36.5 Å². The normalized spacial score (nSPS) is 12.7. The van der Waals surface area contributed by atoms with Crippen molar-refractivity contribution in [2.24, 2.45) is 0 Å². The van der Waals surface area contributed by atoms with Gasteiger partial charge in [-0.25, -0.2) is 9.67 Å². The number of rotatable bonds is 7. The van der Waals surface area contributed by atoms with Crippen molar-refractivity contribution in [2.45, 2.75) is 43.8 Å². The van der Waals surface area contributed by atoms with Gasteiger partial charge >= 0.3 is 0 Å². The van der Waals surface area contributed by atoms with Gasteiger partial charge in [-0.1, -0.05) is 19.1 Å². The number of anilines is 1. The highest BCUT2D eigenvalue weighted by atomic mass is 32.2. The van der Waals surface area contributed by atoms with Gasteiger partial charge in [0.25, 0.3) is 5.76 Å². The quantitative estimate of drug-likeness (QED) is 0.626. The van der Waals surface area contributed by atoms with Crippen molar-refractivity contribution in [2.75, 3.05) is 5.32 Å². The molecule has 3 aromatic rings. The standard InChI is InChI=1S/C17H19F2N5OS/c1-3-11(2)24-14(8-9-20-24)22-15(25)10-23-13-7-5-4-6-12(13)21-17(23)26-16(18)19/h4-9,11,16H,3,10H2,1-2H3,(H,22,25). The van der Waals surface area contributed by atoms with Gasteiger partial charge in [0.15, 0.2) is 5.16 Å². The largest absolute Gasteiger partial charge is 0.309 e. The smallest absolute Gasteiger partial charge is 0.291 e. The molecule has 1 atom stereocenters. The Bertz CT molecular complexity index is 908. The number of halogens is 2. The third kappa shape index (κ3) is 3.87. The number of imidazole rings is 1. The lowest BCUT2D eigenvalue weighted by Gasteiger charge is -2.15. The molecule has 0 saturated heterocycles. The van der Waals surface area contributed by atoms with Crippen LogP contribution in [-0.4, -0.2) is 31.0 Å². The Labute approximate surface area is 153 Å². The molecular weight excluding hydrogens is 360 g/mol. The fraction of sp³-hybridized carbons (Fsp3) is 0.353. The Kier molecular flexibility index (Phi) is 5.55. The molecule has 0 radical (unpaired) electrons. The molecule has 1 unspecified atom stereocenters. The molecule has 0 bridgehead atoms. The number of carbonyl (C=O) groups excluding carboxylic acids is 1. The first kappa shape index (κ1) is 18.4. The molecule has 0 aliphatic heterocycles. The van der Waals surface area contributed by atoms with Crippen molar-refractivity contribution in [1.82, 2.24) is 19.3 Å². The van der Waals surface area contributed by atoms with Crippen molar-refractivity contribution >= 4 is 34.5 Å². The summed E-state index contributed by atoms with van der Waals surface area (Å²) >= 11 is 0.333.